The Morgan fingerprint density at radius 3 is 1.36 bits per heavy atom. The molecule has 0 aliphatic heterocycles. The van der Waals surface area contributed by atoms with Crippen LogP contribution < -0.4 is 146 Å². The molecule has 0 unspecified atom stereocenters. The molecule has 0 saturated carbocycles. The Morgan fingerprint density at radius 1 is 0.864 bits per heavy atom. The van der Waals surface area contributed by atoms with Crippen molar-refractivity contribution in [2.75, 3.05) is 6.61 Å². The standard InChI is InChI=1S/C8H10O9.ClH.4Na/c9-4(10)1-8(7(15)16,2-5(11)12)17-3-6(13)14;;;;;/h1-3H2,(H,9,10)(H,11,12)(H,13,14)(H,15,16);1H;;;;/q;;4*+1/p-4. The van der Waals surface area contributed by atoms with Crippen molar-refractivity contribution < 1.29 is 175 Å². The molecule has 0 aliphatic carbocycles. The molecule has 9 nitrogen and oxygen atoms in total. The third kappa shape index (κ3) is 17.0. The average Bonchev–Trinajstić information content (AvgIpc) is 2.11. The van der Waals surface area contributed by atoms with Gasteiger partial charge >= 0.3 is 124 Å². The van der Waals surface area contributed by atoms with Crippen molar-refractivity contribution in [1.29, 1.82) is 0 Å². The molecule has 0 saturated heterocycles. The second-order valence-electron chi connectivity index (χ2n) is 3.06. The minimum Gasteiger partial charge on any atom is -1.00 e. The number of carbonyl (C=O) groups is 4. The van der Waals surface area contributed by atoms with Crippen molar-refractivity contribution in [1.82, 2.24) is 0 Å². The molecule has 0 aromatic rings. The number of carboxylic acid groups (broad SMARTS) is 4. The minimum absolute atomic E-state index is 0. The van der Waals surface area contributed by atoms with Crippen LogP contribution >= 0.6 is 0 Å². The molecule has 1 N–H and O–H groups in total. The van der Waals surface area contributed by atoms with Crippen molar-refractivity contribution in [3.8, 4) is 0 Å². The van der Waals surface area contributed by atoms with Gasteiger partial charge in [-0.05, 0) is 0 Å². The van der Waals surface area contributed by atoms with Crippen LogP contribution in [-0.2, 0) is 23.9 Å². The first-order valence-electron chi connectivity index (χ1n) is 4.16. The molecule has 0 aromatic carbocycles. The fourth-order valence-electron chi connectivity index (χ4n) is 1.03. The van der Waals surface area contributed by atoms with E-state index < -0.39 is 48.9 Å². The zero-order valence-electron chi connectivity index (χ0n) is 12.7. The first-order valence-corrected chi connectivity index (χ1v) is 4.16. The van der Waals surface area contributed by atoms with Crippen molar-refractivity contribution in [2.24, 2.45) is 0 Å². The van der Waals surface area contributed by atoms with Crippen LogP contribution in [0.15, 0.2) is 0 Å². The van der Waals surface area contributed by atoms with Crippen LogP contribution in [0.5, 0.6) is 0 Å². The quantitative estimate of drug-likeness (QED) is 0.405. The average molecular weight is 375 g/mol. The molecule has 14 heteroatoms. The molecule has 0 rings (SSSR count). The zero-order valence-corrected chi connectivity index (χ0v) is 21.5. The van der Waals surface area contributed by atoms with E-state index >= 15 is 0 Å². The van der Waals surface area contributed by atoms with Gasteiger partial charge in [0.15, 0.2) is 0 Å². The van der Waals surface area contributed by atoms with Crippen molar-refractivity contribution >= 4 is 23.9 Å². The number of hydrogen-bond acceptors (Lipinski definition) is 8. The third-order valence-corrected chi connectivity index (χ3v) is 1.70. The Bertz CT molecular complexity index is 350. The van der Waals surface area contributed by atoms with E-state index in [0.29, 0.717) is 0 Å². The molecule has 0 spiro atoms. The molecule has 0 radical (unpaired) electrons. The van der Waals surface area contributed by atoms with Crippen LogP contribution in [0.3, 0.4) is 0 Å². The molecule has 0 heterocycles. The maximum atomic E-state index is 10.7. The predicted octanol–water partition coefficient (Wildman–Crippen LogP) is -20.1. The van der Waals surface area contributed by atoms with Gasteiger partial charge in [0.2, 0.25) is 0 Å². The Kier molecular flexibility index (Phi) is 34.7. The van der Waals surface area contributed by atoms with E-state index in [1.54, 1.807) is 0 Å². The second-order valence-corrected chi connectivity index (χ2v) is 3.06. The fraction of sp³-hybridized carbons (Fsp3) is 0.500. The normalized spacial score (nSPS) is 8.36. The van der Waals surface area contributed by atoms with Gasteiger partial charge in [-0.25, -0.2) is 4.79 Å². The van der Waals surface area contributed by atoms with Crippen molar-refractivity contribution in [3.63, 3.8) is 0 Å². The van der Waals surface area contributed by atoms with Crippen LogP contribution in [0.25, 0.3) is 0 Å². The molecule has 0 bridgehead atoms. The summed E-state index contributed by atoms with van der Waals surface area (Å²) in [6.07, 6.45) is -2.73. The summed E-state index contributed by atoms with van der Waals surface area (Å²) in [5.41, 5.74) is -2.82. The molecular weight excluding hydrogens is 367 g/mol. The van der Waals surface area contributed by atoms with Gasteiger partial charge in [-0.15, -0.1) is 0 Å². The van der Waals surface area contributed by atoms with E-state index in [2.05, 4.69) is 4.74 Å². The number of hydrogen-bond donors (Lipinski definition) is 1. The van der Waals surface area contributed by atoms with E-state index in [1.807, 2.05) is 0 Å². The Hall–Kier alpha value is 2.13. The summed E-state index contributed by atoms with van der Waals surface area (Å²) in [4.78, 5) is 41.5. The molecule has 0 amide bonds. The number of ether oxygens (including phenoxy) is 1. The van der Waals surface area contributed by atoms with E-state index in [9.17, 15) is 34.5 Å². The summed E-state index contributed by atoms with van der Waals surface area (Å²) in [5.74, 6) is -7.64. The molecule has 0 fully saturated rings. The van der Waals surface area contributed by atoms with E-state index in [-0.39, 0.29) is 131 Å². The van der Waals surface area contributed by atoms with Gasteiger partial charge in [-0.3, -0.25) is 0 Å². The zero-order chi connectivity index (χ0) is 13.6. The summed E-state index contributed by atoms with van der Waals surface area (Å²) in [6.45, 7) is -1.20. The number of carbonyl (C=O) groups excluding carboxylic acids is 3. The SMILES string of the molecule is O=C([O-])CC(CC(=O)[O-])(OCC(=O)O)C(=O)[O-].[Cl-].[Na+].[Na+].[Na+].[Na+]. The molecule has 0 atom stereocenters. The molecule has 22 heavy (non-hydrogen) atoms. The molecule has 0 aliphatic rings. The van der Waals surface area contributed by atoms with Crippen LogP contribution in [0.1, 0.15) is 12.8 Å². The van der Waals surface area contributed by atoms with Crippen LogP contribution in [-0.4, -0.2) is 41.2 Å². The third-order valence-electron chi connectivity index (χ3n) is 1.70. The minimum atomic E-state index is -2.82. The number of rotatable bonds is 8. The summed E-state index contributed by atoms with van der Waals surface area (Å²) in [6, 6.07) is 0. The number of halogens is 1. The fourth-order valence-corrected chi connectivity index (χ4v) is 1.03. The van der Waals surface area contributed by atoms with Gasteiger partial charge in [-0.1, -0.05) is 0 Å². The van der Waals surface area contributed by atoms with Crippen molar-refractivity contribution in [3.05, 3.63) is 0 Å². The Labute approximate surface area is 220 Å². The number of carboxylic acids is 4. The first kappa shape index (κ1) is 39.3. The van der Waals surface area contributed by atoms with Gasteiger partial charge in [0.25, 0.3) is 0 Å². The van der Waals surface area contributed by atoms with E-state index in [0.717, 1.165) is 0 Å². The summed E-state index contributed by atoms with van der Waals surface area (Å²) in [5, 5.41) is 39.6. The Balaban J connectivity index is -0.000000128. The maximum Gasteiger partial charge on any atom is 1.00 e. The van der Waals surface area contributed by atoms with Crippen molar-refractivity contribution in [2.45, 2.75) is 18.4 Å². The molecular formula is C8H7ClNa4O9. The smallest absolute Gasteiger partial charge is 1.00 e. The van der Waals surface area contributed by atoms with Crippen LogP contribution in [0.4, 0.5) is 0 Å². The Morgan fingerprint density at radius 2 is 1.18 bits per heavy atom. The molecule has 104 valence electrons. The summed E-state index contributed by atoms with van der Waals surface area (Å²) >= 11 is 0. The van der Waals surface area contributed by atoms with E-state index in [4.69, 9.17) is 5.11 Å². The summed E-state index contributed by atoms with van der Waals surface area (Å²) in [7, 11) is 0. The maximum absolute atomic E-state index is 10.7. The summed E-state index contributed by atoms with van der Waals surface area (Å²) < 4.78 is 4.27. The van der Waals surface area contributed by atoms with Crippen LogP contribution in [0, 0.1) is 0 Å². The monoisotopic (exact) mass is 374 g/mol. The predicted molar refractivity (Wildman–Crippen MR) is 40.6 cm³/mol. The topological polar surface area (TPSA) is 167 Å². The van der Waals surface area contributed by atoms with Gasteiger partial charge in [0, 0.05) is 24.8 Å². The largest absolute Gasteiger partial charge is 1.00 e. The van der Waals surface area contributed by atoms with Crippen LogP contribution in [0.2, 0.25) is 0 Å². The van der Waals surface area contributed by atoms with Gasteiger partial charge < -0.3 is 52.0 Å². The second kappa shape index (κ2) is 19.5. The molecule has 0 aromatic heterocycles. The number of aliphatic carboxylic acids is 4. The van der Waals surface area contributed by atoms with Gasteiger partial charge in [0.1, 0.15) is 12.2 Å². The van der Waals surface area contributed by atoms with Gasteiger partial charge in [-0.2, -0.15) is 0 Å². The van der Waals surface area contributed by atoms with Gasteiger partial charge in [0.05, 0.1) is 5.97 Å². The van der Waals surface area contributed by atoms with E-state index in [1.165, 1.54) is 0 Å². The first-order chi connectivity index (χ1) is 7.69.